The first kappa shape index (κ1) is 33.6. The predicted octanol–water partition coefficient (Wildman–Crippen LogP) is 9.54. The molecular formula is C44H54N4. The minimum atomic E-state index is 0.209. The number of aliphatic imine (C=N–C) groups is 1. The summed E-state index contributed by atoms with van der Waals surface area (Å²) in [5, 5.41) is 7.65. The van der Waals surface area contributed by atoms with Crippen LogP contribution >= 0.6 is 0 Å². The van der Waals surface area contributed by atoms with E-state index in [9.17, 15) is 0 Å². The second kappa shape index (κ2) is 16.7. The van der Waals surface area contributed by atoms with Crippen LogP contribution in [0.2, 0.25) is 0 Å². The average molecular weight is 639 g/mol. The van der Waals surface area contributed by atoms with Crippen molar-refractivity contribution >= 4 is 5.71 Å². The summed E-state index contributed by atoms with van der Waals surface area (Å²) >= 11 is 0. The van der Waals surface area contributed by atoms with Gasteiger partial charge in [-0.1, -0.05) is 123 Å². The molecule has 0 aromatic rings. The SMILES string of the molecule is C=C/C=C(\C=C\C1CC=CN=C(/C(N)=C2\C=CC=CC2C2C=CCC[C@H]2C)C1)C1CCC(/C=C/C2C=CC=CC2)=C(C2=CCCCN2)N1. The van der Waals surface area contributed by atoms with E-state index >= 15 is 0 Å². The maximum atomic E-state index is 7.01. The van der Waals surface area contributed by atoms with Crippen molar-refractivity contribution in [2.24, 2.45) is 40.3 Å². The lowest BCUT2D eigenvalue weighted by molar-refractivity contribution is 0.339. The van der Waals surface area contributed by atoms with Crippen LogP contribution in [-0.4, -0.2) is 18.3 Å². The van der Waals surface area contributed by atoms with Crippen LogP contribution < -0.4 is 16.4 Å². The normalized spacial score (nSPS) is 31.8. The van der Waals surface area contributed by atoms with Gasteiger partial charge in [0.2, 0.25) is 0 Å². The fraction of sp³-hybridized carbons (Fsp3) is 0.386. The molecule has 3 aliphatic heterocycles. The van der Waals surface area contributed by atoms with Crippen molar-refractivity contribution in [3.8, 4) is 0 Å². The van der Waals surface area contributed by atoms with Crippen molar-refractivity contribution in [2.75, 3.05) is 6.54 Å². The topological polar surface area (TPSA) is 62.4 Å². The molecule has 6 aliphatic rings. The maximum Gasteiger partial charge on any atom is 0.0641 e. The van der Waals surface area contributed by atoms with Crippen LogP contribution in [0.1, 0.15) is 64.7 Å². The Morgan fingerprint density at radius 1 is 1.00 bits per heavy atom. The van der Waals surface area contributed by atoms with E-state index in [1.54, 1.807) is 0 Å². The minimum absolute atomic E-state index is 0.209. The van der Waals surface area contributed by atoms with E-state index in [1.165, 1.54) is 47.4 Å². The van der Waals surface area contributed by atoms with Gasteiger partial charge in [0.1, 0.15) is 0 Å². The number of hydrogen-bond donors (Lipinski definition) is 3. The van der Waals surface area contributed by atoms with Crippen LogP contribution in [-0.2, 0) is 0 Å². The van der Waals surface area contributed by atoms with Crippen molar-refractivity contribution in [2.45, 2.75) is 70.8 Å². The van der Waals surface area contributed by atoms with Crippen LogP contribution in [0.3, 0.4) is 0 Å². The quantitative estimate of drug-likeness (QED) is 0.174. The molecule has 0 amide bonds. The molecule has 48 heavy (non-hydrogen) atoms. The zero-order valence-corrected chi connectivity index (χ0v) is 28.7. The summed E-state index contributed by atoms with van der Waals surface area (Å²) in [7, 11) is 0. The number of nitrogens with one attached hydrogen (secondary N) is 2. The fourth-order valence-electron chi connectivity index (χ4n) is 7.81. The van der Waals surface area contributed by atoms with E-state index in [-0.39, 0.29) is 12.0 Å². The van der Waals surface area contributed by atoms with Gasteiger partial charge in [-0.25, -0.2) is 0 Å². The van der Waals surface area contributed by atoms with Gasteiger partial charge in [-0.05, 0) is 98.2 Å². The number of rotatable bonds is 9. The van der Waals surface area contributed by atoms with Crippen molar-refractivity contribution in [3.63, 3.8) is 0 Å². The molecule has 0 aromatic carbocycles. The molecule has 3 heterocycles. The third kappa shape index (κ3) is 8.39. The van der Waals surface area contributed by atoms with Crippen molar-refractivity contribution in [1.82, 2.24) is 10.6 Å². The van der Waals surface area contributed by atoms with Gasteiger partial charge in [-0.2, -0.15) is 0 Å². The molecule has 4 N–H and O–H groups in total. The van der Waals surface area contributed by atoms with E-state index in [0.29, 0.717) is 23.7 Å². The summed E-state index contributed by atoms with van der Waals surface area (Å²) in [5.41, 5.74) is 15.2. The Hall–Kier alpha value is -4.31. The second-order valence-corrected chi connectivity index (χ2v) is 14.0. The Balaban J connectivity index is 1.19. The van der Waals surface area contributed by atoms with E-state index in [4.69, 9.17) is 10.7 Å². The van der Waals surface area contributed by atoms with Gasteiger partial charge in [0, 0.05) is 18.7 Å². The molecule has 0 saturated heterocycles. The van der Waals surface area contributed by atoms with E-state index < -0.39 is 0 Å². The first-order valence-corrected chi connectivity index (χ1v) is 18.3. The van der Waals surface area contributed by atoms with Gasteiger partial charge < -0.3 is 16.4 Å². The standard InChI is InChI=1S/C44H54N4/c1-3-14-35(40-28-27-36(26-23-33-16-5-4-6-17-33)44(48-40)41-22-11-12-29-46-41)25-24-34-18-13-30-47-42(31-34)43(45)39-21-10-9-20-38(39)37-19-8-7-15-32(37)2/h3-6,8-10,13-14,16,19-26,30,32-34,37-38,40,46,48H,1,7,11-12,15,17-18,27-29,31,45H2,2H3/b25-24+,26-23+,35-14+,43-39-/t32-,33?,34?,37?,38?,40?/m1/s1. The summed E-state index contributed by atoms with van der Waals surface area (Å²) in [4.78, 5) is 4.89. The van der Waals surface area contributed by atoms with Crippen LogP contribution in [0.25, 0.3) is 0 Å². The summed E-state index contributed by atoms with van der Waals surface area (Å²) in [5.74, 6) is 2.16. The highest BCUT2D eigenvalue weighted by atomic mass is 15.0. The first-order chi connectivity index (χ1) is 23.6. The molecule has 4 heteroatoms. The molecule has 0 fully saturated rings. The van der Waals surface area contributed by atoms with Crippen molar-refractivity contribution in [3.05, 3.63) is 156 Å². The smallest absolute Gasteiger partial charge is 0.0641 e. The predicted molar refractivity (Wildman–Crippen MR) is 205 cm³/mol. The number of nitrogens with zero attached hydrogens (tertiary/aromatic N) is 1. The molecule has 4 nitrogen and oxygen atoms in total. The second-order valence-electron chi connectivity index (χ2n) is 14.0. The molecule has 0 bridgehead atoms. The molecule has 0 saturated carbocycles. The highest BCUT2D eigenvalue weighted by Crippen LogP contribution is 2.38. The third-order valence-electron chi connectivity index (χ3n) is 10.6. The van der Waals surface area contributed by atoms with Gasteiger partial charge in [0.05, 0.1) is 28.8 Å². The van der Waals surface area contributed by atoms with E-state index in [1.807, 2.05) is 12.3 Å². The zero-order valence-electron chi connectivity index (χ0n) is 28.7. The van der Waals surface area contributed by atoms with Crippen LogP contribution in [0.4, 0.5) is 0 Å². The monoisotopic (exact) mass is 638 g/mol. The summed E-state index contributed by atoms with van der Waals surface area (Å²) in [6.07, 6.45) is 52.1. The lowest BCUT2D eigenvalue weighted by Crippen LogP contribution is -2.38. The van der Waals surface area contributed by atoms with Gasteiger partial charge >= 0.3 is 0 Å². The van der Waals surface area contributed by atoms with Gasteiger partial charge in [0.25, 0.3) is 0 Å². The number of allylic oxidation sites excluding steroid dienone is 20. The number of nitrogens with two attached hydrogens (primary N) is 1. The molecule has 0 radical (unpaired) electrons. The highest BCUT2D eigenvalue weighted by molar-refractivity contribution is 6.01. The average Bonchev–Trinajstić information content (AvgIpc) is 3.39. The minimum Gasteiger partial charge on any atom is -0.397 e. The first-order valence-electron chi connectivity index (χ1n) is 18.3. The number of hydrogen-bond acceptors (Lipinski definition) is 4. The summed E-state index contributed by atoms with van der Waals surface area (Å²) in [6, 6.07) is 0.209. The highest BCUT2D eigenvalue weighted by Gasteiger charge is 2.30. The lowest BCUT2D eigenvalue weighted by Gasteiger charge is -2.33. The molecule has 0 aromatic heterocycles. The Bertz CT molecular complexity index is 1590. The van der Waals surface area contributed by atoms with Gasteiger partial charge in [-0.3, -0.25) is 4.99 Å². The van der Waals surface area contributed by atoms with Crippen molar-refractivity contribution < 1.29 is 0 Å². The lowest BCUT2D eigenvalue weighted by atomic mass is 9.72. The molecule has 3 aliphatic carbocycles. The van der Waals surface area contributed by atoms with Crippen molar-refractivity contribution in [1.29, 1.82) is 0 Å². The Morgan fingerprint density at radius 2 is 1.92 bits per heavy atom. The Morgan fingerprint density at radius 3 is 2.73 bits per heavy atom. The zero-order chi connectivity index (χ0) is 33.1. The summed E-state index contributed by atoms with van der Waals surface area (Å²) < 4.78 is 0. The fourth-order valence-corrected chi connectivity index (χ4v) is 7.81. The van der Waals surface area contributed by atoms with Crippen LogP contribution in [0.5, 0.6) is 0 Å². The largest absolute Gasteiger partial charge is 0.397 e. The Kier molecular flexibility index (Phi) is 11.7. The molecular weight excluding hydrogens is 585 g/mol. The summed E-state index contributed by atoms with van der Waals surface area (Å²) in [6.45, 7) is 7.48. The molecule has 0 spiro atoms. The third-order valence-corrected chi connectivity index (χ3v) is 10.6. The van der Waals surface area contributed by atoms with Crippen LogP contribution in [0, 0.1) is 29.6 Å². The molecule has 5 unspecified atom stereocenters. The van der Waals surface area contributed by atoms with Gasteiger partial charge in [0.15, 0.2) is 0 Å². The maximum absolute atomic E-state index is 7.01. The molecule has 6 rings (SSSR count). The van der Waals surface area contributed by atoms with E-state index in [0.717, 1.165) is 56.5 Å². The van der Waals surface area contributed by atoms with Gasteiger partial charge in [-0.15, -0.1) is 0 Å². The van der Waals surface area contributed by atoms with E-state index in [2.05, 4.69) is 127 Å². The molecule has 6 atom stereocenters. The Labute approximate surface area is 289 Å². The molecule has 250 valence electrons. The van der Waals surface area contributed by atoms with Crippen LogP contribution in [0.15, 0.2) is 161 Å².